The Kier molecular flexibility index (Phi) is 6.49. The van der Waals surface area contributed by atoms with Crippen LogP contribution in [0.4, 0.5) is 0 Å². The fourth-order valence-electron chi connectivity index (χ4n) is 7.39. The van der Waals surface area contributed by atoms with Crippen molar-refractivity contribution in [3.05, 3.63) is 176 Å². The molecule has 0 unspecified atom stereocenters. The fraction of sp³-hybridized carbons (Fsp3) is 0. The van der Waals surface area contributed by atoms with E-state index in [2.05, 4.69) is 163 Å². The van der Waals surface area contributed by atoms with E-state index >= 15 is 0 Å². The van der Waals surface area contributed by atoms with Crippen LogP contribution in [-0.2, 0) is 0 Å². The van der Waals surface area contributed by atoms with Gasteiger partial charge in [-0.1, -0.05) is 133 Å². The Hall–Kier alpha value is -6.71. The van der Waals surface area contributed by atoms with Gasteiger partial charge in [-0.3, -0.25) is 4.98 Å². The highest BCUT2D eigenvalue weighted by Crippen LogP contribution is 2.40. The van der Waals surface area contributed by atoms with Gasteiger partial charge in [-0.05, 0) is 90.1 Å². The SMILES string of the molecule is c1cncc(-c2cccc(-c3cc(-c4ccc(-c5ccc6ccccc6c5)cc4)nc(-c4ccc5ccc6cccc7ccc4c5c67)n3)c2)c1. The van der Waals surface area contributed by atoms with E-state index in [1.54, 1.807) is 6.20 Å². The van der Waals surface area contributed by atoms with Gasteiger partial charge in [0.15, 0.2) is 5.82 Å². The monoisotopic (exact) mass is 635 g/mol. The summed E-state index contributed by atoms with van der Waals surface area (Å²) in [6.45, 7) is 0. The Morgan fingerprint density at radius 2 is 0.940 bits per heavy atom. The summed E-state index contributed by atoms with van der Waals surface area (Å²) in [4.78, 5) is 14.9. The maximum absolute atomic E-state index is 5.28. The van der Waals surface area contributed by atoms with E-state index < -0.39 is 0 Å². The van der Waals surface area contributed by atoms with Crippen molar-refractivity contribution in [2.75, 3.05) is 0 Å². The lowest BCUT2D eigenvalue weighted by Crippen LogP contribution is -1.97. The summed E-state index contributed by atoms with van der Waals surface area (Å²) in [6.07, 6.45) is 3.70. The molecule has 0 amide bonds. The molecule has 0 saturated heterocycles. The molecular formula is C47H29N3. The summed E-state index contributed by atoms with van der Waals surface area (Å²) in [5.41, 5.74) is 9.38. The number of benzene rings is 8. The van der Waals surface area contributed by atoms with Crippen molar-refractivity contribution in [3.8, 4) is 56.2 Å². The van der Waals surface area contributed by atoms with E-state index in [1.807, 2.05) is 12.3 Å². The third-order valence-corrected chi connectivity index (χ3v) is 9.91. The summed E-state index contributed by atoms with van der Waals surface area (Å²) >= 11 is 0. The Morgan fingerprint density at radius 3 is 1.76 bits per heavy atom. The summed E-state index contributed by atoms with van der Waals surface area (Å²) < 4.78 is 0. The Labute approximate surface area is 289 Å². The van der Waals surface area contributed by atoms with Gasteiger partial charge in [0.1, 0.15) is 0 Å². The van der Waals surface area contributed by atoms with Crippen molar-refractivity contribution in [3.63, 3.8) is 0 Å². The Balaban J connectivity index is 1.15. The largest absolute Gasteiger partial charge is 0.264 e. The highest BCUT2D eigenvalue weighted by Gasteiger charge is 2.17. The van der Waals surface area contributed by atoms with E-state index in [0.29, 0.717) is 5.82 Å². The number of aromatic nitrogens is 3. The van der Waals surface area contributed by atoms with Gasteiger partial charge < -0.3 is 0 Å². The normalized spacial score (nSPS) is 11.6. The standard InChI is InChI=1S/C47H29N3/c1-2-7-36-26-38(20-15-30(36)6-1)31-13-16-32(17-14-31)43-28-44(39-11-4-10-37(27-39)40-12-5-25-48-29-40)50-47(49-43)42-24-22-35-19-18-33-8-3-9-34-21-23-41(42)46(35)45(33)34/h1-29H. The predicted octanol–water partition coefficient (Wildman–Crippen LogP) is 12.3. The highest BCUT2D eigenvalue weighted by atomic mass is 14.9. The Morgan fingerprint density at radius 1 is 0.340 bits per heavy atom. The molecule has 0 radical (unpaired) electrons. The van der Waals surface area contributed by atoms with Crippen molar-refractivity contribution in [2.24, 2.45) is 0 Å². The zero-order valence-electron chi connectivity index (χ0n) is 27.1. The van der Waals surface area contributed by atoms with Gasteiger partial charge in [-0.25, -0.2) is 9.97 Å². The second-order valence-electron chi connectivity index (χ2n) is 12.9. The minimum Gasteiger partial charge on any atom is -0.264 e. The maximum Gasteiger partial charge on any atom is 0.161 e. The van der Waals surface area contributed by atoms with E-state index in [9.17, 15) is 0 Å². The van der Waals surface area contributed by atoms with Crippen molar-refractivity contribution in [1.29, 1.82) is 0 Å². The van der Waals surface area contributed by atoms with Crippen LogP contribution >= 0.6 is 0 Å². The third-order valence-electron chi connectivity index (χ3n) is 9.91. The zero-order valence-corrected chi connectivity index (χ0v) is 27.1. The zero-order chi connectivity index (χ0) is 33.0. The van der Waals surface area contributed by atoms with E-state index in [1.165, 1.54) is 48.8 Å². The van der Waals surface area contributed by atoms with Crippen LogP contribution in [0.2, 0.25) is 0 Å². The van der Waals surface area contributed by atoms with Gasteiger partial charge in [0.2, 0.25) is 0 Å². The lowest BCUT2D eigenvalue weighted by atomic mass is 9.91. The van der Waals surface area contributed by atoms with Gasteiger partial charge in [0, 0.05) is 34.6 Å². The van der Waals surface area contributed by atoms with Crippen molar-refractivity contribution >= 4 is 43.1 Å². The first kappa shape index (κ1) is 28.3. The first-order valence-corrected chi connectivity index (χ1v) is 16.9. The molecule has 10 aromatic rings. The van der Waals surface area contributed by atoms with E-state index in [4.69, 9.17) is 9.97 Å². The molecule has 8 aromatic carbocycles. The quantitative estimate of drug-likeness (QED) is 0.177. The average molecular weight is 636 g/mol. The summed E-state index contributed by atoms with van der Waals surface area (Å²) in [6, 6.07) is 58.4. The van der Waals surface area contributed by atoms with Crippen LogP contribution in [-0.4, -0.2) is 15.0 Å². The molecule has 0 bridgehead atoms. The number of hydrogen-bond acceptors (Lipinski definition) is 3. The van der Waals surface area contributed by atoms with Crippen LogP contribution in [0.1, 0.15) is 0 Å². The third kappa shape index (κ3) is 4.79. The molecule has 10 rings (SSSR count). The minimum absolute atomic E-state index is 0.709. The molecule has 0 atom stereocenters. The lowest BCUT2D eigenvalue weighted by molar-refractivity contribution is 1.19. The molecule has 3 heteroatoms. The summed E-state index contributed by atoms with van der Waals surface area (Å²) in [7, 11) is 0. The molecular weight excluding hydrogens is 607 g/mol. The van der Waals surface area contributed by atoms with Crippen molar-refractivity contribution in [2.45, 2.75) is 0 Å². The number of rotatable bonds is 5. The molecule has 0 N–H and O–H groups in total. The second kappa shape index (κ2) is 11.5. The van der Waals surface area contributed by atoms with Crippen LogP contribution in [0.25, 0.3) is 99.2 Å². The van der Waals surface area contributed by atoms with Gasteiger partial charge in [-0.15, -0.1) is 0 Å². The molecule has 0 aliphatic carbocycles. The second-order valence-corrected chi connectivity index (χ2v) is 12.9. The first-order chi connectivity index (χ1) is 24.7. The number of fused-ring (bicyclic) bond motifs is 1. The van der Waals surface area contributed by atoms with Gasteiger partial charge in [0.25, 0.3) is 0 Å². The van der Waals surface area contributed by atoms with Crippen LogP contribution in [0, 0.1) is 0 Å². The molecule has 3 nitrogen and oxygen atoms in total. The summed E-state index contributed by atoms with van der Waals surface area (Å²) in [5.74, 6) is 0.709. The smallest absolute Gasteiger partial charge is 0.161 e. The molecule has 50 heavy (non-hydrogen) atoms. The van der Waals surface area contributed by atoms with Gasteiger partial charge >= 0.3 is 0 Å². The Bertz CT molecular complexity index is 2840. The minimum atomic E-state index is 0.709. The highest BCUT2D eigenvalue weighted by molar-refractivity contribution is 6.25. The van der Waals surface area contributed by atoms with Crippen molar-refractivity contribution in [1.82, 2.24) is 15.0 Å². The number of pyridine rings is 1. The molecule has 0 fully saturated rings. The average Bonchev–Trinajstić information content (AvgIpc) is 3.20. The number of hydrogen-bond donors (Lipinski definition) is 0. The fourth-order valence-corrected chi connectivity index (χ4v) is 7.39. The molecule has 0 saturated carbocycles. The van der Waals surface area contributed by atoms with Gasteiger partial charge in [0.05, 0.1) is 11.4 Å². The van der Waals surface area contributed by atoms with E-state index in [-0.39, 0.29) is 0 Å². The van der Waals surface area contributed by atoms with Crippen molar-refractivity contribution < 1.29 is 0 Å². The van der Waals surface area contributed by atoms with E-state index in [0.717, 1.165) is 44.6 Å². The maximum atomic E-state index is 5.28. The lowest BCUT2D eigenvalue weighted by Gasteiger charge is -2.15. The molecule has 0 aliphatic heterocycles. The summed E-state index contributed by atoms with van der Waals surface area (Å²) in [5, 5.41) is 9.89. The first-order valence-electron chi connectivity index (χ1n) is 16.9. The van der Waals surface area contributed by atoms with Gasteiger partial charge in [-0.2, -0.15) is 0 Å². The number of nitrogens with zero attached hydrogens (tertiary/aromatic N) is 3. The van der Waals surface area contributed by atoms with Crippen LogP contribution < -0.4 is 0 Å². The molecule has 2 aromatic heterocycles. The molecule has 2 heterocycles. The van der Waals surface area contributed by atoms with Crippen LogP contribution in [0.5, 0.6) is 0 Å². The molecule has 0 aliphatic rings. The predicted molar refractivity (Wildman–Crippen MR) is 208 cm³/mol. The van der Waals surface area contributed by atoms with Crippen LogP contribution in [0.3, 0.4) is 0 Å². The molecule has 232 valence electrons. The topological polar surface area (TPSA) is 38.7 Å². The molecule has 0 spiro atoms. The van der Waals surface area contributed by atoms with Crippen LogP contribution in [0.15, 0.2) is 176 Å².